The SMILES string of the molecule is O=C(CCCCN1CCCCCC1)c1ccc(/C=C2\Sc3ccccc3N(Cc3ccc(C(F)(F)F)cc3C(F)(F)F)C2=O)cc1. The van der Waals surface area contributed by atoms with Crippen molar-refractivity contribution in [2.24, 2.45) is 0 Å². The molecule has 0 aliphatic carbocycles. The van der Waals surface area contributed by atoms with Gasteiger partial charge in [0.1, 0.15) is 0 Å². The van der Waals surface area contributed by atoms with E-state index in [9.17, 15) is 35.9 Å². The van der Waals surface area contributed by atoms with Gasteiger partial charge in [0, 0.05) is 16.9 Å². The lowest BCUT2D eigenvalue weighted by Crippen LogP contribution is -2.34. The number of benzene rings is 3. The number of likely N-dealkylation sites (tertiary alicyclic amines) is 1. The molecule has 0 aromatic heterocycles. The van der Waals surface area contributed by atoms with Crippen molar-refractivity contribution in [2.75, 3.05) is 24.5 Å². The second kappa shape index (κ2) is 14.5. The van der Waals surface area contributed by atoms with E-state index in [1.807, 2.05) is 0 Å². The van der Waals surface area contributed by atoms with Crippen molar-refractivity contribution in [3.05, 3.63) is 99.5 Å². The highest BCUT2D eigenvalue weighted by molar-refractivity contribution is 8.04. The van der Waals surface area contributed by atoms with E-state index >= 15 is 0 Å². The van der Waals surface area contributed by atoms with Gasteiger partial charge in [-0.05, 0) is 86.8 Å². The van der Waals surface area contributed by atoms with Gasteiger partial charge in [-0.15, -0.1) is 0 Å². The highest BCUT2D eigenvalue weighted by Crippen LogP contribution is 2.44. The summed E-state index contributed by atoms with van der Waals surface area (Å²) in [7, 11) is 0. The molecular weight excluding hydrogens is 626 g/mol. The molecule has 2 heterocycles. The maximum absolute atomic E-state index is 13.9. The maximum Gasteiger partial charge on any atom is 0.416 e. The third-order valence-corrected chi connectivity index (χ3v) is 9.34. The first-order valence-electron chi connectivity index (χ1n) is 15.3. The van der Waals surface area contributed by atoms with Gasteiger partial charge < -0.3 is 9.80 Å². The first-order chi connectivity index (χ1) is 21.9. The van der Waals surface area contributed by atoms with E-state index in [1.54, 1.807) is 54.6 Å². The molecule has 0 saturated carbocycles. The Morgan fingerprint density at radius 3 is 2.20 bits per heavy atom. The van der Waals surface area contributed by atoms with Gasteiger partial charge in [0.25, 0.3) is 5.91 Å². The van der Waals surface area contributed by atoms with E-state index in [1.165, 1.54) is 25.7 Å². The smallest absolute Gasteiger partial charge is 0.303 e. The Labute approximate surface area is 268 Å². The minimum absolute atomic E-state index is 0.0373. The number of carbonyl (C=O) groups is 2. The van der Waals surface area contributed by atoms with Crippen LogP contribution in [0.3, 0.4) is 0 Å². The van der Waals surface area contributed by atoms with Crippen LogP contribution in [0.5, 0.6) is 0 Å². The van der Waals surface area contributed by atoms with Crippen molar-refractivity contribution in [1.82, 2.24) is 4.90 Å². The highest BCUT2D eigenvalue weighted by atomic mass is 32.2. The van der Waals surface area contributed by atoms with E-state index in [4.69, 9.17) is 0 Å². The van der Waals surface area contributed by atoms with E-state index < -0.39 is 41.5 Å². The molecule has 1 fully saturated rings. The molecule has 3 aromatic rings. The second-order valence-electron chi connectivity index (χ2n) is 11.6. The fraction of sp³-hybridized carbons (Fsp3) is 0.371. The summed E-state index contributed by atoms with van der Waals surface area (Å²) < 4.78 is 81.3. The van der Waals surface area contributed by atoms with Crippen LogP contribution in [0.15, 0.2) is 76.5 Å². The third-order valence-electron chi connectivity index (χ3n) is 8.26. The Morgan fingerprint density at radius 1 is 0.826 bits per heavy atom. The number of alkyl halides is 6. The van der Waals surface area contributed by atoms with Crippen LogP contribution in [0.2, 0.25) is 0 Å². The maximum atomic E-state index is 13.9. The number of Topliss-reactive ketones (excluding diaryl/α,β-unsaturated/α-hetero) is 1. The Kier molecular flexibility index (Phi) is 10.6. The number of hydrogen-bond donors (Lipinski definition) is 0. The highest BCUT2D eigenvalue weighted by Gasteiger charge is 2.39. The molecule has 46 heavy (non-hydrogen) atoms. The molecule has 2 aliphatic rings. The molecular formula is C35H34F6N2O2S. The average Bonchev–Trinajstić information content (AvgIpc) is 3.29. The van der Waals surface area contributed by atoms with E-state index in [0.717, 1.165) is 55.2 Å². The number of carbonyl (C=O) groups excluding carboxylic acids is 2. The first-order valence-corrected chi connectivity index (χ1v) is 16.2. The minimum Gasteiger partial charge on any atom is -0.303 e. The van der Waals surface area contributed by atoms with Crippen LogP contribution in [0, 0.1) is 0 Å². The summed E-state index contributed by atoms with van der Waals surface area (Å²) >= 11 is 1.15. The van der Waals surface area contributed by atoms with Crippen LogP contribution in [0.1, 0.15) is 77.6 Å². The van der Waals surface area contributed by atoms with Crippen molar-refractivity contribution >= 4 is 35.2 Å². The molecule has 4 nitrogen and oxygen atoms in total. The number of unbranched alkanes of at least 4 members (excludes halogenated alkanes) is 1. The molecule has 0 atom stereocenters. The molecule has 0 radical (unpaired) electrons. The van der Waals surface area contributed by atoms with Gasteiger partial charge >= 0.3 is 12.4 Å². The average molecular weight is 661 g/mol. The summed E-state index contributed by atoms with van der Waals surface area (Å²) in [5, 5.41) is 0. The molecule has 0 bridgehead atoms. The summed E-state index contributed by atoms with van der Waals surface area (Å²) in [6.07, 6.45) is -1.18. The number of hydrogen-bond acceptors (Lipinski definition) is 4. The van der Waals surface area contributed by atoms with Crippen molar-refractivity contribution < 1.29 is 35.9 Å². The predicted molar refractivity (Wildman–Crippen MR) is 167 cm³/mol. The fourth-order valence-electron chi connectivity index (χ4n) is 5.79. The molecule has 0 spiro atoms. The summed E-state index contributed by atoms with van der Waals surface area (Å²) in [5.41, 5.74) is -1.77. The Hall–Kier alpha value is -3.57. The zero-order valence-electron chi connectivity index (χ0n) is 25.1. The fourth-order valence-corrected chi connectivity index (χ4v) is 6.84. The van der Waals surface area contributed by atoms with Gasteiger partial charge in [0.05, 0.1) is 28.3 Å². The number of halogens is 6. The second-order valence-corrected chi connectivity index (χ2v) is 12.7. The molecule has 11 heteroatoms. The van der Waals surface area contributed by atoms with Crippen LogP contribution in [-0.2, 0) is 23.7 Å². The summed E-state index contributed by atoms with van der Waals surface area (Å²) in [6.45, 7) is 2.67. The summed E-state index contributed by atoms with van der Waals surface area (Å²) in [6, 6.07) is 15.0. The van der Waals surface area contributed by atoms with Gasteiger partial charge in [-0.25, -0.2) is 0 Å². The Bertz CT molecular complexity index is 1580. The van der Waals surface area contributed by atoms with Gasteiger partial charge in [-0.3, -0.25) is 9.59 Å². The van der Waals surface area contributed by atoms with Crippen molar-refractivity contribution in [2.45, 2.75) is 68.7 Å². The predicted octanol–water partition coefficient (Wildman–Crippen LogP) is 9.63. The number of rotatable bonds is 9. The lowest BCUT2D eigenvalue weighted by Gasteiger charge is -2.31. The molecule has 1 amide bonds. The van der Waals surface area contributed by atoms with Crippen LogP contribution in [0.25, 0.3) is 6.08 Å². The van der Waals surface area contributed by atoms with E-state index in [0.29, 0.717) is 34.2 Å². The lowest BCUT2D eigenvalue weighted by molar-refractivity contribution is -0.143. The van der Waals surface area contributed by atoms with Crippen LogP contribution < -0.4 is 4.90 Å². The Balaban J connectivity index is 1.30. The molecule has 3 aromatic carbocycles. The monoisotopic (exact) mass is 660 g/mol. The van der Waals surface area contributed by atoms with Gasteiger partial charge in [-0.1, -0.05) is 67.1 Å². The van der Waals surface area contributed by atoms with Gasteiger partial charge in [0.15, 0.2) is 5.78 Å². The Morgan fingerprint density at radius 2 is 1.52 bits per heavy atom. The normalized spacial score (nSPS) is 17.2. The molecule has 1 saturated heterocycles. The van der Waals surface area contributed by atoms with Crippen molar-refractivity contribution in [1.29, 1.82) is 0 Å². The first kappa shape index (κ1) is 33.8. The number of nitrogens with zero attached hydrogens (tertiary/aromatic N) is 2. The van der Waals surface area contributed by atoms with Crippen LogP contribution >= 0.6 is 11.8 Å². The molecule has 0 unspecified atom stereocenters. The number of ketones is 1. The summed E-state index contributed by atoms with van der Waals surface area (Å²) in [5.74, 6) is -0.545. The zero-order valence-corrected chi connectivity index (χ0v) is 25.9. The zero-order chi connectivity index (χ0) is 32.9. The minimum atomic E-state index is -5.06. The number of fused-ring (bicyclic) bond motifs is 1. The topological polar surface area (TPSA) is 40.6 Å². The van der Waals surface area contributed by atoms with Crippen LogP contribution in [-0.4, -0.2) is 36.2 Å². The number of anilines is 1. The van der Waals surface area contributed by atoms with E-state index in [-0.39, 0.29) is 16.8 Å². The number of amides is 1. The largest absolute Gasteiger partial charge is 0.416 e. The number of para-hydroxylation sites is 1. The molecule has 244 valence electrons. The van der Waals surface area contributed by atoms with Gasteiger partial charge in [0.2, 0.25) is 0 Å². The molecule has 5 rings (SSSR count). The lowest BCUT2D eigenvalue weighted by atomic mass is 10.0. The quantitative estimate of drug-likeness (QED) is 0.0992. The summed E-state index contributed by atoms with van der Waals surface area (Å²) in [4.78, 5) is 30.9. The standard InChI is InChI=1S/C35H34F6N2O2S/c36-34(37,38)27-17-16-26(28(22-27)35(39,40)41)23-43-29-9-3-4-11-31(29)46-32(33(43)45)21-24-12-14-25(15-13-24)30(44)10-5-8-20-42-18-6-1-2-7-19-42/h3-4,9,11-17,21-22H,1-2,5-8,10,18-20,23H2/b32-21-. The van der Waals surface area contributed by atoms with Crippen LogP contribution in [0.4, 0.5) is 32.0 Å². The van der Waals surface area contributed by atoms with Crippen molar-refractivity contribution in [3.63, 3.8) is 0 Å². The molecule has 0 N–H and O–H groups in total. The van der Waals surface area contributed by atoms with Gasteiger partial charge in [-0.2, -0.15) is 26.3 Å². The van der Waals surface area contributed by atoms with Crippen molar-refractivity contribution in [3.8, 4) is 0 Å². The number of thioether (sulfide) groups is 1. The van der Waals surface area contributed by atoms with E-state index in [2.05, 4.69) is 4.90 Å². The third kappa shape index (κ3) is 8.41. The molecule has 2 aliphatic heterocycles.